The maximum absolute atomic E-state index is 13.8. The quantitative estimate of drug-likeness (QED) is 0.284. The van der Waals surface area contributed by atoms with E-state index in [4.69, 9.17) is 4.74 Å². The molecule has 0 fully saturated rings. The van der Waals surface area contributed by atoms with Gasteiger partial charge in [-0.1, -0.05) is 24.3 Å². The van der Waals surface area contributed by atoms with Crippen LogP contribution >= 0.6 is 0 Å². The third-order valence-corrected chi connectivity index (χ3v) is 5.29. The molecule has 0 radical (unpaired) electrons. The lowest BCUT2D eigenvalue weighted by atomic mass is 10.0. The second kappa shape index (κ2) is 10.9. The van der Waals surface area contributed by atoms with E-state index < -0.39 is 60.5 Å². The van der Waals surface area contributed by atoms with Crippen LogP contribution in [0, 0.1) is 0 Å². The summed E-state index contributed by atoms with van der Waals surface area (Å²) in [5.74, 6) is -6.22. The molecule has 1 heterocycles. The molecule has 212 valence electrons. The van der Waals surface area contributed by atoms with Crippen molar-refractivity contribution in [3.63, 3.8) is 0 Å². The van der Waals surface area contributed by atoms with Crippen molar-refractivity contribution >= 4 is 5.69 Å². The Morgan fingerprint density at radius 3 is 2.13 bits per heavy atom. The first-order valence-corrected chi connectivity index (χ1v) is 10.7. The number of ether oxygens (including phenoxy) is 1. The van der Waals surface area contributed by atoms with Gasteiger partial charge in [-0.25, -0.2) is 0 Å². The Hall–Kier alpha value is -3.62. The van der Waals surface area contributed by atoms with Gasteiger partial charge in [0.1, 0.15) is 17.1 Å². The fraction of sp³-hybridized carbons (Fsp3) is 0.292. The van der Waals surface area contributed by atoms with Crippen LogP contribution in [0.25, 0.3) is 0 Å². The normalized spacial score (nSPS) is 13.7. The zero-order chi connectivity index (χ0) is 29.2. The van der Waals surface area contributed by atoms with Crippen molar-refractivity contribution in [2.45, 2.75) is 37.1 Å². The van der Waals surface area contributed by atoms with E-state index in [1.165, 1.54) is 18.2 Å². The number of aliphatic hydroxyl groups is 1. The first-order valence-electron chi connectivity index (χ1n) is 10.7. The summed E-state index contributed by atoms with van der Waals surface area (Å²) < 4.78 is 150. The number of hydrogen-bond donors (Lipinski definition) is 1. The Labute approximate surface area is 213 Å². The molecule has 0 aliphatic carbocycles. The second-order valence-corrected chi connectivity index (χ2v) is 8.18. The highest BCUT2D eigenvalue weighted by Crippen LogP contribution is 2.44. The highest BCUT2D eigenvalue weighted by molar-refractivity contribution is 5.53. The minimum atomic E-state index is -5.94. The standard InChI is InChI=1S/C24H17F11N2O2/c25-21(26,24(33,34)35)15-4-1-3-14(9-15)12-37(13-20(38)23(30,31)32)16-5-2-6-17(10-16)39-19-7-8-36-11-18(19)22(27,28)29/h1-11,20,38H,12-13H2. The predicted molar refractivity (Wildman–Crippen MR) is 115 cm³/mol. The van der Waals surface area contributed by atoms with E-state index in [1.807, 2.05) is 0 Å². The van der Waals surface area contributed by atoms with Gasteiger partial charge in [0.2, 0.25) is 0 Å². The van der Waals surface area contributed by atoms with E-state index in [0.717, 1.165) is 35.4 Å². The zero-order valence-corrected chi connectivity index (χ0v) is 19.2. The number of rotatable bonds is 8. The Morgan fingerprint density at radius 2 is 1.51 bits per heavy atom. The van der Waals surface area contributed by atoms with Gasteiger partial charge in [0.25, 0.3) is 0 Å². The molecule has 0 spiro atoms. The minimum absolute atomic E-state index is 0.175. The fourth-order valence-electron chi connectivity index (χ4n) is 3.38. The summed E-state index contributed by atoms with van der Waals surface area (Å²) in [6.07, 6.45) is -17.4. The van der Waals surface area contributed by atoms with Crippen LogP contribution in [0.1, 0.15) is 16.7 Å². The van der Waals surface area contributed by atoms with Crippen molar-refractivity contribution in [3.05, 3.63) is 83.7 Å². The molecule has 0 saturated heterocycles. The summed E-state index contributed by atoms with van der Waals surface area (Å²) in [5.41, 5.74) is -3.16. The number of nitrogens with zero attached hydrogens (tertiary/aromatic N) is 2. The predicted octanol–water partition coefficient (Wildman–Crippen LogP) is 7.48. The topological polar surface area (TPSA) is 45.6 Å². The smallest absolute Gasteiger partial charge is 0.457 e. The SMILES string of the molecule is OC(CN(Cc1cccc(C(F)(F)C(F)(F)F)c1)c1cccc(Oc2ccncc2C(F)(F)F)c1)C(F)(F)F. The molecule has 0 aliphatic rings. The Morgan fingerprint density at radius 1 is 0.846 bits per heavy atom. The number of pyridine rings is 1. The molecule has 2 aromatic carbocycles. The summed E-state index contributed by atoms with van der Waals surface area (Å²) in [4.78, 5) is 4.17. The van der Waals surface area contributed by atoms with Crippen molar-refractivity contribution in [3.8, 4) is 11.5 Å². The third-order valence-electron chi connectivity index (χ3n) is 5.29. The molecule has 1 atom stereocenters. The highest BCUT2D eigenvalue weighted by atomic mass is 19.4. The van der Waals surface area contributed by atoms with Gasteiger partial charge in [0.05, 0.1) is 6.54 Å². The molecule has 0 saturated carbocycles. The molecule has 0 amide bonds. The van der Waals surface area contributed by atoms with Gasteiger partial charge >= 0.3 is 24.5 Å². The lowest BCUT2D eigenvalue weighted by molar-refractivity contribution is -0.289. The van der Waals surface area contributed by atoms with Crippen LogP contribution in [-0.2, 0) is 18.6 Å². The van der Waals surface area contributed by atoms with Gasteiger partial charge in [-0.15, -0.1) is 0 Å². The van der Waals surface area contributed by atoms with Gasteiger partial charge in [0.15, 0.2) is 6.10 Å². The van der Waals surface area contributed by atoms with E-state index in [1.54, 1.807) is 0 Å². The minimum Gasteiger partial charge on any atom is -0.457 e. The molecule has 0 bridgehead atoms. The number of aromatic nitrogens is 1. The average Bonchev–Trinajstić information content (AvgIpc) is 2.82. The molecule has 4 nitrogen and oxygen atoms in total. The first-order chi connectivity index (χ1) is 17.9. The monoisotopic (exact) mass is 574 g/mol. The summed E-state index contributed by atoms with van der Waals surface area (Å²) in [5, 5.41) is 9.62. The summed E-state index contributed by atoms with van der Waals surface area (Å²) in [6.45, 7) is -1.89. The molecular weight excluding hydrogens is 557 g/mol. The van der Waals surface area contributed by atoms with Crippen molar-refractivity contribution in [1.29, 1.82) is 0 Å². The van der Waals surface area contributed by atoms with Crippen molar-refractivity contribution in [2.24, 2.45) is 0 Å². The van der Waals surface area contributed by atoms with Crippen LogP contribution in [-0.4, -0.2) is 35.1 Å². The molecule has 0 aliphatic heterocycles. The molecular formula is C24H17F11N2O2. The van der Waals surface area contributed by atoms with E-state index in [9.17, 15) is 53.4 Å². The van der Waals surface area contributed by atoms with Crippen LogP contribution in [0.3, 0.4) is 0 Å². The fourth-order valence-corrected chi connectivity index (χ4v) is 3.38. The van der Waals surface area contributed by atoms with Crippen LogP contribution in [0.5, 0.6) is 11.5 Å². The lowest BCUT2D eigenvalue weighted by Gasteiger charge is -2.29. The van der Waals surface area contributed by atoms with Gasteiger partial charge in [0, 0.05) is 36.3 Å². The summed E-state index contributed by atoms with van der Waals surface area (Å²) in [7, 11) is 0. The van der Waals surface area contributed by atoms with E-state index in [-0.39, 0.29) is 17.0 Å². The Kier molecular flexibility index (Phi) is 8.34. The van der Waals surface area contributed by atoms with Crippen molar-refractivity contribution < 1.29 is 58.1 Å². The van der Waals surface area contributed by atoms with Crippen molar-refractivity contribution in [2.75, 3.05) is 11.4 Å². The number of benzene rings is 2. The number of aliphatic hydroxyl groups excluding tert-OH is 1. The van der Waals surface area contributed by atoms with Crippen LogP contribution in [0.15, 0.2) is 67.0 Å². The maximum Gasteiger partial charge on any atom is 0.458 e. The summed E-state index contributed by atoms with van der Waals surface area (Å²) in [6, 6.07) is 8.33. The molecule has 1 N–H and O–H groups in total. The average molecular weight is 574 g/mol. The van der Waals surface area contributed by atoms with Crippen LogP contribution < -0.4 is 9.64 Å². The van der Waals surface area contributed by atoms with Gasteiger partial charge in [-0.2, -0.15) is 48.3 Å². The van der Waals surface area contributed by atoms with E-state index in [0.29, 0.717) is 18.3 Å². The van der Waals surface area contributed by atoms with Crippen LogP contribution in [0.4, 0.5) is 54.0 Å². The van der Waals surface area contributed by atoms with E-state index in [2.05, 4.69) is 4.98 Å². The number of alkyl halides is 11. The van der Waals surface area contributed by atoms with Gasteiger partial charge in [-0.05, 0) is 29.8 Å². The van der Waals surface area contributed by atoms with E-state index >= 15 is 0 Å². The summed E-state index contributed by atoms with van der Waals surface area (Å²) >= 11 is 0. The van der Waals surface area contributed by atoms with Crippen molar-refractivity contribution in [1.82, 2.24) is 4.98 Å². The molecule has 39 heavy (non-hydrogen) atoms. The first kappa shape index (κ1) is 29.9. The lowest BCUT2D eigenvalue weighted by Crippen LogP contribution is -2.41. The van der Waals surface area contributed by atoms with Gasteiger partial charge < -0.3 is 14.7 Å². The molecule has 15 heteroatoms. The largest absolute Gasteiger partial charge is 0.458 e. The van der Waals surface area contributed by atoms with Gasteiger partial charge in [-0.3, -0.25) is 4.98 Å². The number of halogens is 11. The second-order valence-electron chi connectivity index (χ2n) is 8.18. The Balaban J connectivity index is 1.98. The third kappa shape index (κ3) is 7.28. The molecule has 1 aromatic heterocycles. The molecule has 3 aromatic rings. The van der Waals surface area contributed by atoms with Crippen LogP contribution in [0.2, 0.25) is 0 Å². The molecule has 3 rings (SSSR count). The zero-order valence-electron chi connectivity index (χ0n) is 19.2. The Bertz CT molecular complexity index is 1270. The number of anilines is 1. The maximum atomic E-state index is 13.8. The molecule has 1 unspecified atom stereocenters. The number of hydrogen-bond acceptors (Lipinski definition) is 4. The highest BCUT2D eigenvalue weighted by Gasteiger charge is 2.58.